The lowest BCUT2D eigenvalue weighted by atomic mass is 10.2. The highest BCUT2D eigenvalue weighted by molar-refractivity contribution is 7.89. The molecule has 0 aliphatic carbocycles. The molecule has 1 heterocycles. The molecule has 2 aromatic carbocycles. The van der Waals surface area contributed by atoms with E-state index < -0.39 is 15.8 Å². The Labute approximate surface area is 149 Å². The molecule has 136 valence electrons. The van der Waals surface area contributed by atoms with Crippen LogP contribution in [0.15, 0.2) is 51.8 Å². The third kappa shape index (κ3) is 3.89. The zero-order valence-corrected chi connectivity index (χ0v) is 14.9. The van der Waals surface area contributed by atoms with Crippen LogP contribution in [-0.4, -0.2) is 25.7 Å². The van der Waals surface area contributed by atoms with Gasteiger partial charge in [0.1, 0.15) is 11.6 Å². The number of methoxy groups -OCH3 is 1. The number of nitrogens with zero attached hydrogens (tertiary/aromatic N) is 2. The van der Waals surface area contributed by atoms with E-state index in [9.17, 15) is 12.8 Å². The minimum atomic E-state index is -3.84. The fourth-order valence-corrected chi connectivity index (χ4v) is 3.55. The Morgan fingerprint density at radius 3 is 2.73 bits per heavy atom. The van der Waals surface area contributed by atoms with Crippen molar-refractivity contribution in [2.24, 2.45) is 0 Å². The largest absolute Gasteiger partial charge is 0.497 e. The molecular formula is C17H16FN3O4S. The summed E-state index contributed by atoms with van der Waals surface area (Å²) in [6, 6.07) is 10.5. The van der Waals surface area contributed by atoms with Crippen molar-refractivity contribution in [1.82, 2.24) is 14.9 Å². The molecule has 0 fully saturated rings. The second kappa shape index (κ2) is 7.22. The van der Waals surface area contributed by atoms with Crippen molar-refractivity contribution in [1.29, 1.82) is 0 Å². The number of hydrogen-bond acceptors (Lipinski definition) is 6. The molecule has 0 saturated heterocycles. The second-order valence-corrected chi connectivity index (χ2v) is 7.20. The molecule has 0 saturated carbocycles. The molecule has 0 aliphatic rings. The van der Waals surface area contributed by atoms with Crippen LogP contribution in [0.3, 0.4) is 0 Å². The van der Waals surface area contributed by atoms with Crippen molar-refractivity contribution in [2.75, 3.05) is 7.11 Å². The Hall–Kier alpha value is -2.78. The number of sulfonamides is 1. The monoisotopic (exact) mass is 377 g/mol. The summed E-state index contributed by atoms with van der Waals surface area (Å²) in [5, 5.41) is 7.74. The maximum absolute atomic E-state index is 13.1. The molecular weight excluding hydrogens is 361 g/mol. The minimum absolute atomic E-state index is 0.00793. The summed E-state index contributed by atoms with van der Waals surface area (Å²) in [5.41, 5.74) is 0.959. The van der Waals surface area contributed by atoms with Crippen LogP contribution in [0.2, 0.25) is 0 Å². The topological polar surface area (TPSA) is 94.3 Å². The van der Waals surface area contributed by atoms with E-state index in [0.29, 0.717) is 16.9 Å². The number of rotatable bonds is 6. The van der Waals surface area contributed by atoms with Crippen LogP contribution >= 0.6 is 0 Å². The first-order valence-corrected chi connectivity index (χ1v) is 9.10. The fraction of sp³-hybridized carbons (Fsp3) is 0.176. The molecule has 0 unspecified atom stereocenters. The first-order valence-electron chi connectivity index (χ1n) is 7.61. The SMILES string of the molecule is COc1cccc(-c2nnc(CNS(=O)(=O)c3ccc(F)cc3C)o2)c1. The van der Waals surface area contributed by atoms with Crippen LogP contribution in [0.5, 0.6) is 5.75 Å². The normalized spacial score (nSPS) is 11.5. The first kappa shape index (κ1) is 18.0. The highest BCUT2D eigenvalue weighted by Crippen LogP contribution is 2.23. The van der Waals surface area contributed by atoms with Crippen LogP contribution in [0.25, 0.3) is 11.5 Å². The smallest absolute Gasteiger partial charge is 0.247 e. The van der Waals surface area contributed by atoms with Gasteiger partial charge in [-0.25, -0.2) is 17.5 Å². The van der Waals surface area contributed by atoms with Crippen molar-refractivity contribution in [2.45, 2.75) is 18.4 Å². The van der Waals surface area contributed by atoms with E-state index in [0.717, 1.165) is 12.1 Å². The highest BCUT2D eigenvalue weighted by Gasteiger charge is 2.18. The predicted octanol–water partition coefficient (Wildman–Crippen LogP) is 2.67. The molecule has 1 aromatic heterocycles. The summed E-state index contributed by atoms with van der Waals surface area (Å²) < 4.78 is 50.9. The quantitative estimate of drug-likeness (QED) is 0.710. The number of ether oxygens (including phenoxy) is 1. The zero-order chi connectivity index (χ0) is 18.7. The predicted molar refractivity (Wildman–Crippen MR) is 91.4 cm³/mol. The lowest BCUT2D eigenvalue weighted by molar-refractivity contribution is 0.414. The number of nitrogens with one attached hydrogen (secondary N) is 1. The van der Waals surface area contributed by atoms with E-state index in [2.05, 4.69) is 14.9 Å². The molecule has 1 N–H and O–H groups in total. The first-order chi connectivity index (χ1) is 12.4. The van der Waals surface area contributed by atoms with Gasteiger partial charge in [0.15, 0.2) is 0 Å². The van der Waals surface area contributed by atoms with Crippen LogP contribution in [0.4, 0.5) is 4.39 Å². The molecule has 0 spiro atoms. The third-order valence-corrected chi connectivity index (χ3v) is 5.18. The Balaban J connectivity index is 1.75. The van der Waals surface area contributed by atoms with E-state index >= 15 is 0 Å². The number of hydrogen-bond donors (Lipinski definition) is 1. The molecule has 7 nitrogen and oxygen atoms in total. The van der Waals surface area contributed by atoms with Gasteiger partial charge in [0.05, 0.1) is 18.6 Å². The molecule has 0 aliphatic heterocycles. The van der Waals surface area contributed by atoms with Crippen LogP contribution in [-0.2, 0) is 16.6 Å². The van der Waals surface area contributed by atoms with Gasteiger partial charge in [0.2, 0.25) is 21.8 Å². The van der Waals surface area contributed by atoms with Gasteiger partial charge < -0.3 is 9.15 Å². The van der Waals surface area contributed by atoms with Crippen molar-refractivity contribution in [3.8, 4) is 17.2 Å². The molecule has 3 aromatic rings. The van der Waals surface area contributed by atoms with E-state index in [1.54, 1.807) is 31.4 Å². The van der Waals surface area contributed by atoms with E-state index in [1.165, 1.54) is 13.0 Å². The average Bonchev–Trinajstić information content (AvgIpc) is 3.09. The van der Waals surface area contributed by atoms with Crippen molar-refractivity contribution >= 4 is 10.0 Å². The summed E-state index contributed by atoms with van der Waals surface area (Å²) in [6.45, 7) is 1.33. The van der Waals surface area contributed by atoms with Crippen LogP contribution in [0.1, 0.15) is 11.5 Å². The van der Waals surface area contributed by atoms with Gasteiger partial charge in [-0.3, -0.25) is 0 Å². The molecule has 0 atom stereocenters. The molecule has 26 heavy (non-hydrogen) atoms. The second-order valence-electron chi connectivity index (χ2n) is 5.47. The number of aryl methyl sites for hydroxylation is 1. The number of aromatic nitrogens is 2. The van der Waals surface area contributed by atoms with Gasteiger partial charge in [-0.05, 0) is 48.9 Å². The van der Waals surface area contributed by atoms with Crippen molar-refractivity contribution < 1.29 is 22.0 Å². The molecule has 0 bridgehead atoms. The van der Waals surface area contributed by atoms with Gasteiger partial charge in [0, 0.05) is 5.56 Å². The van der Waals surface area contributed by atoms with Crippen molar-refractivity contribution in [3.63, 3.8) is 0 Å². The van der Waals surface area contributed by atoms with Crippen LogP contribution in [0, 0.1) is 12.7 Å². The van der Waals surface area contributed by atoms with E-state index in [-0.39, 0.29) is 23.2 Å². The summed E-state index contributed by atoms with van der Waals surface area (Å²) >= 11 is 0. The Morgan fingerprint density at radius 1 is 1.19 bits per heavy atom. The third-order valence-electron chi connectivity index (χ3n) is 3.62. The zero-order valence-electron chi connectivity index (χ0n) is 14.1. The maximum atomic E-state index is 13.1. The molecule has 9 heteroatoms. The maximum Gasteiger partial charge on any atom is 0.247 e. The average molecular weight is 377 g/mol. The standard InChI is InChI=1S/C17H16FN3O4S/c1-11-8-13(18)6-7-15(11)26(22,23)19-10-16-20-21-17(25-16)12-4-3-5-14(9-12)24-2/h3-9,19H,10H2,1-2H3. The van der Waals surface area contributed by atoms with Gasteiger partial charge in [-0.2, -0.15) is 0 Å². The van der Waals surface area contributed by atoms with Gasteiger partial charge in [-0.1, -0.05) is 6.07 Å². The molecule has 3 rings (SSSR count). The van der Waals surface area contributed by atoms with Gasteiger partial charge in [-0.15, -0.1) is 10.2 Å². The molecule has 0 amide bonds. The fourth-order valence-electron chi connectivity index (χ4n) is 2.35. The summed E-state index contributed by atoms with van der Waals surface area (Å²) in [4.78, 5) is -0.00793. The van der Waals surface area contributed by atoms with Gasteiger partial charge >= 0.3 is 0 Å². The van der Waals surface area contributed by atoms with E-state index in [1.807, 2.05) is 0 Å². The summed E-state index contributed by atoms with van der Waals surface area (Å²) in [6.07, 6.45) is 0. The lowest BCUT2D eigenvalue weighted by Crippen LogP contribution is -2.24. The summed E-state index contributed by atoms with van der Waals surface area (Å²) in [7, 11) is -2.29. The molecule has 0 radical (unpaired) electrons. The van der Waals surface area contributed by atoms with Crippen molar-refractivity contribution in [3.05, 3.63) is 59.7 Å². The van der Waals surface area contributed by atoms with Gasteiger partial charge in [0.25, 0.3) is 0 Å². The Kier molecular flexibility index (Phi) is 5.01. The number of halogens is 1. The Morgan fingerprint density at radius 2 is 2.00 bits per heavy atom. The summed E-state index contributed by atoms with van der Waals surface area (Å²) in [5.74, 6) is 0.484. The van der Waals surface area contributed by atoms with E-state index in [4.69, 9.17) is 9.15 Å². The lowest BCUT2D eigenvalue weighted by Gasteiger charge is -2.07. The highest BCUT2D eigenvalue weighted by atomic mass is 32.2. The number of benzene rings is 2. The Bertz CT molecular complexity index is 1030. The minimum Gasteiger partial charge on any atom is -0.497 e. The van der Waals surface area contributed by atoms with Crippen LogP contribution < -0.4 is 9.46 Å².